The van der Waals surface area contributed by atoms with E-state index in [1.54, 1.807) is 36.4 Å². The van der Waals surface area contributed by atoms with Crippen LogP contribution in [0, 0.1) is 11.3 Å². The predicted octanol–water partition coefficient (Wildman–Crippen LogP) is 3.01. The summed E-state index contributed by atoms with van der Waals surface area (Å²) in [6, 6.07) is 13.6. The summed E-state index contributed by atoms with van der Waals surface area (Å²) in [5.41, 5.74) is 1.36. The Hall–Kier alpha value is -3.00. The Bertz CT molecular complexity index is 690. The Balaban J connectivity index is 2.51. The van der Waals surface area contributed by atoms with Gasteiger partial charge in [-0.2, -0.15) is 5.26 Å². The molecule has 2 N–H and O–H groups in total. The van der Waals surface area contributed by atoms with E-state index in [9.17, 15) is 4.79 Å². The van der Waals surface area contributed by atoms with Crippen molar-refractivity contribution in [2.24, 2.45) is 0 Å². The molecule has 0 atom stereocenters. The summed E-state index contributed by atoms with van der Waals surface area (Å²) in [5.74, 6) is -0.564. The standard InChI is InChI=1S/C15H12N2O3/c1-20-13-8-4-5-10(9-16)14(13)17-12-7-3-2-6-11(12)15(18)19/h2-8,17H,1H3,(H,18,19). The number of methoxy groups -OCH3 is 1. The van der Waals surface area contributed by atoms with Gasteiger partial charge in [-0.15, -0.1) is 0 Å². The van der Waals surface area contributed by atoms with E-state index in [-0.39, 0.29) is 5.56 Å². The van der Waals surface area contributed by atoms with Crippen molar-refractivity contribution in [2.75, 3.05) is 12.4 Å². The minimum absolute atomic E-state index is 0.127. The van der Waals surface area contributed by atoms with Gasteiger partial charge in [-0.25, -0.2) is 4.79 Å². The molecule has 0 saturated carbocycles. The number of nitriles is 1. The first-order valence-corrected chi connectivity index (χ1v) is 5.84. The zero-order valence-electron chi connectivity index (χ0n) is 10.8. The zero-order chi connectivity index (χ0) is 14.5. The van der Waals surface area contributed by atoms with Crippen LogP contribution in [0.2, 0.25) is 0 Å². The van der Waals surface area contributed by atoms with Gasteiger partial charge in [0.25, 0.3) is 0 Å². The number of carboxylic acids is 1. The number of nitrogens with one attached hydrogen (secondary N) is 1. The second kappa shape index (κ2) is 5.76. The highest BCUT2D eigenvalue weighted by atomic mass is 16.5. The summed E-state index contributed by atoms with van der Waals surface area (Å²) in [4.78, 5) is 11.2. The molecule has 5 heteroatoms. The third-order valence-corrected chi connectivity index (χ3v) is 2.78. The van der Waals surface area contributed by atoms with Gasteiger partial charge in [0, 0.05) is 0 Å². The molecular weight excluding hydrogens is 256 g/mol. The van der Waals surface area contributed by atoms with Crippen LogP contribution in [0.15, 0.2) is 42.5 Å². The molecule has 0 aliphatic heterocycles. The predicted molar refractivity (Wildman–Crippen MR) is 74.4 cm³/mol. The van der Waals surface area contributed by atoms with E-state index in [2.05, 4.69) is 5.32 Å². The number of hydrogen-bond acceptors (Lipinski definition) is 4. The SMILES string of the molecule is COc1cccc(C#N)c1Nc1ccccc1C(=O)O. The Labute approximate surface area is 116 Å². The Morgan fingerprint density at radius 1 is 1.25 bits per heavy atom. The summed E-state index contributed by atoms with van der Waals surface area (Å²) in [7, 11) is 1.49. The molecule has 0 aromatic heterocycles. The Morgan fingerprint density at radius 3 is 2.65 bits per heavy atom. The summed E-state index contributed by atoms with van der Waals surface area (Å²) in [6.45, 7) is 0. The molecule has 0 aliphatic carbocycles. The quantitative estimate of drug-likeness (QED) is 0.890. The number of nitrogens with zero attached hydrogens (tertiary/aromatic N) is 1. The first kappa shape index (κ1) is 13.4. The lowest BCUT2D eigenvalue weighted by molar-refractivity contribution is 0.0698. The highest BCUT2D eigenvalue weighted by Crippen LogP contribution is 2.32. The van der Waals surface area contributed by atoms with Gasteiger partial charge in [-0.05, 0) is 24.3 Å². The van der Waals surface area contributed by atoms with E-state index in [0.29, 0.717) is 22.7 Å². The third kappa shape index (κ3) is 2.54. The molecule has 0 bridgehead atoms. The molecule has 2 rings (SSSR count). The average Bonchev–Trinajstić information content (AvgIpc) is 2.47. The van der Waals surface area contributed by atoms with Crippen LogP contribution in [0.25, 0.3) is 0 Å². The van der Waals surface area contributed by atoms with Crippen LogP contribution in [0.3, 0.4) is 0 Å². The van der Waals surface area contributed by atoms with Gasteiger partial charge in [0.1, 0.15) is 11.8 Å². The van der Waals surface area contributed by atoms with Crippen LogP contribution in [0.4, 0.5) is 11.4 Å². The van der Waals surface area contributed by atoms with Crippen LogP contribution in [0.5, 0.6) is 5.75 Å². The number of carbonyl (C=O) groups is 1. The van der Waals surface area contributed by atoms with Gasteiger partial charge in [-0.1, -0.05) is 18.2 Å². The fourth-order valence-electron chi connectivity index (χ4n) is 1.84. The van der Waals surface area contributed by atoms with Gasteiger partial charge in [0.2, 0.25) is 0 Å². The summed E-state index contributed by atoms with van der Waals surface area (Å²) in [6.07, 6.45) is 0. The zero-order valence-corrected chi connectivity index (χ0v) is 10.8. The number of anilines is 2. The maximum absolute atomic E-state index is 11.2. The van der Waals surface area contributed by atoms with E-state index >= 15 is 0 Å². The van der Waals surface area contributed by atoms with Crippen molar-refractivity contribution in [2.45, 2.75) is 0 Å². The minimum atomic E-state index is -1.04. The molecule has 0 amide bonds. The fraction of sp³-hybridized carbons (Fsp3) is 0.0667. The van der Waals surface area contributed by atoms with Gasteiger partial charge in [0.15, 0.2) is 0 Å². The molecule has 2 aromatic rings. The van der Waals surface area contributed by atoms with Gasteiger partial charge >= 0.3 is 5.97 Å². The number of hydrogen-bond donors (Lipinski definition) is 2. The van der Waals surface area contributed by atoms with Gasteiger partial charge in [-0.3, -0.25) is 0 Å². The van der Waals surface area contributed by atoms with Crippen molar-refractivity contribution in [3.8, 4) is 11.8 Å². The van der Waals surface area contributed by atoms with Crippen molar-refractivity contribution in [3.63, 3.8) is 0 Å². The van der Waals surface area contributed by atoms with Crippen LogP contribution in [0.1, 0.15) is 15.9 Å². The van der Waals surface area contributed by atoms with Gasteiger partial charge in [0.05, 0.1) is 29.6 Å². The largest absolute Gasteiger partial charge is 0.495 e. The second-order valence-corrected chi connectivity index (χ2v) is 3.97. The third-order valence-electron chi connectivity index (χ3n) is 2.78. The normalized spacial score (nSPS) is 9.60. The maximum atomic E-state index is 11.2. The number of ether oxygens (including phenoxy) is 1. The number of para-hydroxylation sites is 2. The second-order valence-electron chi connectivity index (χ2n) is 3.97. The van der Waals surface area contributed by atoms with Crippen molar-refractivity contribution < 1.29 is 14.6 Å². The van der Waals surface area contributed by atoms with E-state index in [1.165, 1.54) is 13.2 Å². The molecule has 2 aromatic carbocycles. The molecule has 20 heavy (non-hydrogen) atoms. The minimum Gasteiger partial charge on any atom is -0.495 e. The van der Waals surface area contributed by atoms with E-state index in [1.807, 2.05) is 6.07 Å². The molecule has 0 aliphatic rings. The van der Waals surface area contributed by atoms with Crippen LogP contribution < -0.4 is 10.1 Å². The lowest BCUT2D eigenvalue weighted by Gasteiger charge is -2.14. The van der Waals surface area contributed by atoms with E-state index < -0.39 is 5.97 Å². The molecule has 0 radical (unpaired) electrons. The molecule has 0 unspecified atom stereocenters. The van der Waals surface area contributed by atoms with Crippen molar-refractivity contribution in [3.05, 3.63) is 53.6 Å². The van der Waals surface area contributed by atoms with Crippen LogP contribution in [-0.4, -0.2) is 18.2 Å². The lowest BCUT2D eigenvalue weighted by atomic mass is 10.1. The van der Waals surface area contributed by atoms with Crippen molar-refractivity contribution >= 4 is 17.3 Å². The number of rotatable bonds is 4. The summed E-state index contributed by atoms with van der Waals surface area (Å²) in [5, 5.41) is 21.3. The monoisotopic (exact) mass is 268 g/mol. The first-order chi connectivity index (χ1) is 9.67. The summed E-state index contributed by atoms with van der Waals surface area (Å²) < 4.78 is 5.20. The van der Waals surface area contributed by atoms with Crippen molar-refractivity contribution in [1.82, 2.24) is 0 Å². The Morgan fingerprint density at radius 2 is 2.00 bits per heavy atom. The van der Waals surface area contributed by atoms with Crippen molar-refractivity contribution in [1.29, 1.82) is 5.26 Å². The van der Waals surface area contributed by atoms with E-state index in [4.69, 9.17) is 15.1 Å². The molecule has 5 nitrogen and oxygen atoms in total. The lowest BCUT2D eigenvalue weighted by Crippen LogP contribution is -2.04. The molecule has 0 saturated heterocycles. The molecule has 100 valence electrons. The molecule has 0 heterocycles. The van der Waals surface area contributed by atoms with Crippen LogP contribution in [-0.2, 0) is 0 Å². The Kier molecular flexibility index (Phi) is 3.87. The highest BCUT2D eigenvalue weighted by molar-refractivity contribution is 5.95. The van der Waals surface area contributed by atoms with Gasteiger partial charge < -0.3 is 15.2 Å². The van der Waals surface area contributed by atoms with E-state index in [0.717, 1.165) is 0 Å². The smallest absolute Gasteiger partial charge is 0.337 e. The molecule has 0 spiro atoms. The highest BCUT2D eigenvalue weighted by Gasteiger charge is 2.13. The topological polar surface area (TPSA) is 82.3 Å². The number of benzene rings is 2. The van der Waals surface area contributed by atoms with Crippen LogP contribution >= 0.6 is 0 Å². The average molecular weight is 268 g/mol. The first-order valence-electron chi connectivity index (χ1n) is 5.84. The maximum Gasteiger partial charge on any atom is 0.337 e. The molecular formula is C15H12N2O3. The fourth-order valence-corrected chi connectivity index (χ4v) is 1.84. The number of carboxylic acid groups (broad SMARTS) is 1. The molecule has 0 fully saturated rings. The summed E-state index contributed by atoms with van der Waals surface area (Å²) >= 11 is 0. The number of aromatic carboxylic acids is 1.